The molecule has 0 aromatic heterocycles. The molecule has 50 valence electrons. The number of carbonyl (C=O) groups excluding carboxylic acids is 1. The van der Waals surface area contributed by atoms with Gasteiger partial charge in [0.15, 0.2) is 0 Å². The molecule has 0 aromatic carbocycles. The van der Waals surface area contributed by atoms with Crippen LogP contribution in [-0.2, 0) is 4.79 Å². The van der Waals surface area contributed by atoms with E-state index >= 15 is 0 Å². The molecule has 0 saturated carbocycles. The first-order valence-electron chi connectivity index (χ1n) is 2.30. The Kier molecular flexibility index (Phi) is 5.42. The molecule has 1 heterocycles. The van der Waals surface area contributed by atoms with Crippen molar-refractivity contribution in [2.24, 2.45) is 0 Å². The molecule has 1 N–H and O–H groups in total. The summed E-state index contributed by atoms with van der Waals surface area (Å²) in [4.78, 5) is 10.1. The maximum Gasteiger partial charge on any atom is 1.00 e. The van der Waals surface area contributed by atoms with Crippen molar-refractivity contribution in [3.05, 3.63) is 21.9 Å². The summed E-state index contributed by atoms with van der Waals surface area (Å²) in [6.45, 7) is 0. The number of hydrogen-bond donors (Lipinski definition) is 1. The molecule has 1 rings (SSSR count). The first-order chi connectivity index (χ1) is 4.30. The van der Waals surface area contributed by atoms with E-state index in [4.69, 9.17) is 0 Å². The van der Waals surface area contributed by atoms with Gasteiger partial charge in [-0.25, -0.2) is 0 Å². The molecule has 0 aromatic rings. The van der Waals surface area contributed by atoms with Crippen LogP contribution in [0.2, 0.25) is 0 Å². The van der Waals surface area contributed by atoms with Crippen molar-refractivity contribution in [3.8, 4) is 0 Å². The summed E-state index contributed by atoms with van der Waals surface area (Å²) in [5.41, 5.74) is 0.208. The van der Waals surface area contributed by atoms with Crippen LogP contribution >= 0.6 is 21.5 Å². The molecule has 10 heavy (non-hydrogen) atoms. The molecular weight excluding hydrogens is 256 g/mol. The number of aliphatic carboxylic acids is 1. The summed E-state index contributed by atoms with van der Waals surface area (Å²) in [6.07, 6.45) is 3.24. The third-order valence-corrected chi connectivity index (χ3v) is 2.60. The van der Waals surface area contributed by atoms with Crippen molar-refractivity contribution in [2.45, 2.75) is 0 Å². The van der Waals surface area contributed by atoms with Crippen molar-refractivity contribution >= 4 is 27.4 Å². The van der Waals surface area contributed by atoms with E-state index in [2.05, 4.69) is 3.53 Å². The third kappa shape index (κ3) is 3.05. The van der Waals surface area contributed by atoms with Crippen molar-refractivity contribution < 1.29 is 39.5 Å². The molecule has 5 heteroatoms. The van der Waals surface area contributed by atoms with Crippen LogP contribution in [0.5, 0.6) is 0 Å². The Morgan fingerprint density at radius 3 is 2.70 bits per heavy atom. The Hall–Kier alpha value is 0.480. The van der Waals surface area contributed by atoms with Gasteiger partial charge in [0.1, 0.15) is 0 Å². The van der Waals surface area contributed by atoms with Crippen molar-refractivity contribution in [1.29, 1.82) is 0 Å². The van der Waals surface area contributed by atoms with Crippen LogP contribution in [0.25, 0.3) is 0 Å². The first-order valence-corrected chi connectivity index (χ1v) is 4.81. The quantitative estimate of drug-likeness (QED) is 0.301. The third-order valence-electron chi connectivity index (χ3n) is 0.798. The van der Waals surface area contributed by atoms with E-state index in [1.165, 1.54) is 6.08 Å². The molecule has 0 bridgehead atoms. The Labute approximate surface area is 91.5 Å². The average Bonchev–Trinajstić information content (AvgIpc) is 1.90. The fraction of sp³-hybridized carbons (Fsp3) is 0. The fourth-order valence-corrected chi connectivity index (χ4v) is 1.85. The standard InChI is InChI=1S/C5H6INO2.Na/c8-5(9)4-2-1-3-6-7-4;/h1-3,6-7H,(H,8,9);/q;+1/p-1. The minimum absolute atomic E-state index is 0. The Bertz CT molecular complexity index is 190. The molecule has 0 spiro atoms. The predicted octanol–water partition coefficient (Wildman–Crippen LogP) is -3.64. The molecule has 1 aliphatic heterocycles. The van der Waals surface area contributed by atoms with Crippen LogP contribution in [0, 0.1) is 0 Å². The number of hydrogen-bond acceptors (Lipinski definition) is 3. The molecule has 0 fully saturated rings. The van der Waals surface area contributed by atoms with Crippen LogP contribution in [-0.4, -0.2) is 5.97 Å². The number of rotatable bonds is 1. The minimum Gasteiger partial charge on any atom is 1.00 e. The zero-order valence-corrected chi connectivity index (χ0v) is 9.79. The SMILES string of the molecule is O=C([O-])C1=CC=C[IH]N1.[Na+]. The fourth-order valence-electron chi connectivity index (χ4n) is 0.416. The summed E-state index contributed by atoms with van der Waals surface area (Å²) >= 11 is -0.433. The normalized spacial score (nSPS) is 15.4. The topological polar surface area (TPSA) is 52.2 Å². The number of nitrogens with one attached hydrogen (secondary N) is 1. The van der Waals surface area contributed by atoms with E-state index in [0.29, 0.717) is 0 Å². The van der Waals surface area contributed by atoms with E-state index in [9.17, 15) is 9.90 Å². The summed E-state index contributed by atoms with van der Waals surface area (Å²) in [5.74, 6) is -1.12. The second-order valence-electron chi connectivity index (χ2n) is 1.42. The molecule has 0 radical (unpaired) electrons. The number of carboxylic acid groups (broad SMARTS) is 1. The van der Waals surface area contributed by atoms with Crippen LogP contribution in [0.15, 0.2) is 21.9 Å². The Morgan fingerprint density at radius 2 is 2.40 bits per heavy atom. The largest absolute Gasteiger partial charge is 1.00 e. The number of allylic oxidation sites excluding steroid dienone is 2. The van der Waals surface area contributed by atoms with E-state index in [1.54, 1.807) is 6.08 Å². The van der Waals surface area contributed by atoms with E-state index < -0.39 is 27.4 Å². The van der Waals surface area contributed by atoms with Crippen molar-refractivity contribution in [2.75, 3.05) is 0 Å². The van der Waals surface area contributed by atoms with Gasteiger partial charge in [-0.05, 0) is 0 Å². The molecule has 0 saturated heterocycles. The maximum absolute atomic E-state index is 10.1. The van der Waals surface area contributed by atoms with Gasteiger partial charge in [0.25, 0.3) is 0 Å². The number of carbonyl (C=O) groups is 1. The smallest absolute Gasteiger partial charge is 1.00 e. The monoisotopic (exact) mass is 261 g/mol. The van der Waals surface area contributed by atoms with E-state index in [-0.39, 0.29) is 35.3 Å². The van der Waals surface area contributed by atoms with Crippen molar-refractivity contribution in [1.82, 2.24) is 3.53 Å². The molecule has 0 aliphatic carbocycles. The van der Waals surface area contributed by atoms with Crippen LogP contribution in [0.3, 0.4) is 0 Å². The average molecular weight is 261 g/mol. The van der Waals surface area contributed by atoms with Gasteiger partial charge in [0, 0.05) is 0 Å². The summed E-state index contributed by atoms with van der Waals surface area (Å²) < 4.78 is 4.72. The molecule has 1 aliphatic rings. The molecule has 0 atom stereocenters. The summed E-state index contributed by atoms with van der Waals surface area (Å²) in [5, 5.41) is 10.1. The van der Waals surface area contributed by atoms with Gasteiger partial charge in [0.05, 0.1) is 0 Å². The molecular formula is C5H5INNaO2. The second kappa shape index (κ2) is 5.17. The van der Waals surface area contributed by atoms with Gasteiger partial charge < -0.3 is 0 Å². The zero-order chi connectivity index (χ0) is 6.69. The van der Waals surface area contributed by atoms with Gasteiger partial charge >= 0.3 is 92.4 Å². The number of carboxylic acids is 1. The Balaban J connectivity index is 0.000000810. The van der Waals surface area contributed by atoms with Gasteiger partial charge in [-0.3, -0.25) is 0 Å². The van der Waals surface area contributed by atoms with Crippen LogP contribution in [0.4, 0.5) is 0 Å². The predicted molar refractivity (Wildman–Crippen MR) is 40.8 cm³/mol. The second-order valence-corrected chi connectivity index (χ2v) is 3.45. The van der Waals surface area contributed by atoms with Gasteiger partial charge in [-0.1, -0.05) is 0 Å². The number of halogens is 1. The van der Waals surface area contributed by atoms with Gasteiger partial charge in [0.2, 0.25) is 0 Å². The summed E-state index contributed by atoms with van der Waals surface area (Å²) in [7, 11) is 0. The van der Waals surface area contributed by atoms with Crippen molar-refractivity contribution in [3.63, 3.8) is 0 Å². The maximum atomic E-state index is 10.1. The first kappa shape index (κ1) is 10.5. The zero-order valence-electron chi connectivity index (χ0n) is 5.46. The van der Waals surface area contributed by atoms with E-state index in [0.717, 1.165) is 0 Å². The minimum atomic E-state index is -1.12. The van der Waals surface area contributed by atoms with Gasteiger partial charge in [-0.2, -0.15) is 0 Å². The summed E-state index contributed by atoms with van der Waals surface area (Å²) in [6, 6.07) is 0. The molecule has 0 unspecified atom stereocenters. The molecule has 0 amide bonds. The van der Waals surface area contributed by atoms with Crippen LogP contribution in [0.1, 0.15) is 0 Å². The van der Waals surface area contributed by atoms with Gasteiger partial charge in [-0.15, -0.1) is 0 Å². The van der Waals surface area contributed by atoms with E-state index in [1.807, 2.05) is 4.08 Å². The van der Waals surface area contributed by atoms with Crippen LogP contribution < -0.4 is 38.2 Å². The Morgan fingerprint density at radius 1 is 1.70 bits per heavy atom. The molecule has 3 nitrogen and oxygen atoms in total.